The molecule has 0 bridgehead atoms. The van der Waals surface area contributed by atoms with Gasteiger partial charge in [0.15, 0.2) is 0 Å². The summed E-state index contributed by atoms with van der Waals surface area (Å²) in [6.07, 6.45) is 3.22. The fourth-order valence-corrected chi connectivity index (χ4v) is 6.13. The summed E-state index contributed by atoms with van der Waals surface area (Å²) in [7, 11) is 3.23. The molecule has 0 unspecified atom stereocenters. The molecule has 1 saturated heterocycles. The summed E-state index contributed by atoms with van der Waals surface area (Å²) < 4.78 is 12.3. The molecule has 1 amide bonds. The first-order valence-electron chi connectivity index (χ1n) is 10.6. The lowest BCUT2D eigenvalue weighted by Gasteiger charge is -2.27. The van der Waals surface area contributed by atoms with Crippen molar-refractivity contribution in [1.29, 1.82) is 0 Å². The number of likely N-dealkylation sites (tertiary alicyclic amines) is 1. The van der Waals surface area contributed by atoms with Gasteiger partial charge in [0.1, 0.15) is 22.9 Å². The number of hydrogen-bond donors (Lipinski definition) is 0. The Balaban J connectivity index is 1.44. The van der Waals surface area contributed by atoms with Crippen molar-refractivity contribution < 1.29 is 14.3 Å². The number of carbonyl (C=O) groups excluding carboxylic acids is 1. The topological polar surface area (TPSA) is 73.7 Å². The smallest absolute Gasteiger partial charge is 0.263 e. The van der Waals surface area contributed by atoms with Crippen LogP contribution in [0.25, 0.3) is 20.7 Å². The molecule has 0 spiro atoms. The SMILES string of the molecule is COc1ccc([C@H]2CCCN2C(=O)Cn2cnc3scc(-c4cccs4)c3c2=O)c(OC)c1. The highest BCUT2D eigenvalue weighted by Gasteiger charge is 2.32. The maximum atomic E-state index is 13.3. The number of ether oxygens (including phenoxy) is 2. The second-order valence-corrected chi connectivity index (χ2v) is 9.64. The van der Waals surface area contributed by atoms with Gasteiger partial charge in [-0.1, -0.05) is 6.07 Å². The number of rotatable bonds is 6. The minimum absolute atomic E-state index is 0.0452. The summed E-state index contributed by atoms with van der Waals surface area (Å²) in [5.41, 5.74) is 1.64. The third-order valence-corrected chi connectivity index (χ3v) is 7.82. The Bertz CT molecular complexity index is 1360. The second kappa shape index (κ2) is 8.99. The number of nitrogens with zero attached hydrogens (tertiary/aromatic N) is 3. The Kier molecular flexibility index (Phi) is 5.90. The Morgan fingerprint density at radius 2 is 2.09 bits per heavy atom. The normalized spacial score (nSPS) is 15.8. The minimum atomic E-state index is -0.184. The lowest BCUT2D eigenvalue weighted by atomic mass is 10.0. The van der Waals surface area contributed by atoms with E-state index < -0.39 is 0 Å². The van der Waals surface area contributed by atoms with E-state index in [-0.39, 0.29) is 24.1 Å². The predicted molar refractivity (Wildman–Crippen MR) is 130 cm³/mol. The summed E-state index contributed by atoms with van der Waals surface area (Å²) in [5, 5.41) is 4.52. The highest BCUT2D eigenvalue weighted by molar-refractivity contribution is 7.18. The molecule has 170 valence electrons. The van der Waals surface area contributed by atoms with Gasteiger partial charge in [-0.05, 0) is 36.4 Å². The number of hydrogen-bond acceptors (Lipinski definition) is 7. The molecule has 1 aliphatic rings. The molecule has 7 nitrogen and oxygen atoms in total. The number of fused-ring (bicyclic) bond motifs is 1. The number of carbonyl (C=O) groups is 1. The van der Waals surface area contributed by atoms with Crippen LogP contribution in [0.3, 0.4) is 0 Å². The molecule has 9 heteroatoms. The highest BCUT2D eigenvalue weighted by atomic mass is 32.1. The second-order valence-electron chi connectivity index (χ2n) is 7.84. The molecule has 4 aromatic rings. The summed E-state index contributed by atoms with van der Waals surface area (Å²) >= 11 is 3.03. The Hall–Kier alpha value is -3.17. The maximum absolute atomic E-state index is 13.3. The summed E-state index contributed by atoms with van der Waals surface area (Å²) in [5.74, 6) is 1.29. The van der Waals surface area contributed by atoms with E-state index in [2.05, 4.69) is 4.98 Å². The number of methoxy groups -OCH3 is 2. The molecule has 0 N–H and O–H groups in total. The number of amides is 1. The van der Waals surface area contributed by atoms with Crippen molar-refractivity contribution in [1.82, 2.24) is 14.5 Å². The van der Waals surface area contributed by atoms with Crippen LogP contribution in [0.1, 0.15) is 24.4 Å². The van der Waals surface area contributed by atoms with Crippen LogP contribution in [-0.4, -0.2) is 41.1 Å². The number of aromatic nitrogens is 2. The van der Waals surface area contributed by atoms with Crippen LogP contribution in [0.5, 0.6) is 11.5 Å². The van der Waals surface area contributed by atoms with Gasteiger partial charge in [-0.3, -0.25) is 14.2 Å². The molecule has 0 aliphatic carbocycles. The molecule has 4 heterocycles. The molecule has 1 aliphatic heterocycles. The summed E-state index contributed by atoms with van der Waals surface area (Å²) in [6.45, 7) is 0.596. The van der Waals surface area contributed by atoms with Gasteiger partial charge >= 0.3 is 0 Å². The monoisotopic (exact) mass is 481 g/mol. The summed E-state index contributed by atoms with van der Waals surface area (Å²) in [6, 6.07) is 9.51. The van der Waals surface area contributed by atoms with E-state index in [4.69, 9.17) is 9.47 Å². The largest absolute Gasteiger partial charge is 0.497 e. The van der Waals surface area contributed by atoms with Gasteiger partial charge in [-0.2, -0.15) is 0 Å². The van der Waals surface area contributed by atoms with Gasteiger partial charge in [0.05, 0.1) is 32.0 Å². The quantitative estimate of drug-likeness (QED) is 0.403. The van der Waals surface area contributed by atoms with Gasteiger partial charge in [0.2, 0.25) is 5.91 Å². The van der Waals surface area contributed by atoms with Gasteiger partial charge in [-0.25, -0.2) is 4.98 Å². The van der Waals surface area contributed by atoms with Crippen LogP contribution in [0.15, 0.2) is 52.2 Å². The Labute approximate surface area is 198 Å². The molecule has 3 aromatic heterocycles. The zero-order valence-electron chi connectivity index (χ0n) is 18.3. The molecule has 0 radical (unpaired) electrons. The van der Waals surface area contributed by atoms with Crippen molar-refractivity contribution in [3.05, 3.63) is 63.3 Å². The zero-order chi connectivity index (χ0) is 22.9. The molecule has 1 fully saturated rings. The van der Waals surface area contributed by atoms with Crippen LogP contribution < -0.4 is 15.0 Å². The van der Waals surface area contributed by atoms with Crippen LogP contribution >= 0.6 is 22.7 Å². The predicted octanol–water partition coefficient (Wildman–Crippen LogP) is 4.57. The van der Waals surface area contributed by atoms with E-state index in [1.54, 1.807) is 25.6 Å². The molecular weight excluding hydrogens is 458 g/mol. The van der Waals surface area contributed by atoms with Crippen LogP contribution in [-0.2, 0) is 11.3 Å². The van der Waals surface area contributed by atoms with E-state index in [9.17, 15) is 9.59 Å². The average Bonchev–Trinajstić information content (AvgIpc) is 3.60. The third-order valence-electron chi connectivity index (χ3n) is 6.03. The van der Waals surface area contributed by atoms with Crippen LogP contribution in [0.4, 0.5) is 0 Å². The van der Waals surface area contributed by atoms with Crippen LogP contribution in [0, 0.1) is 0 Å². The first-order chi connectivity index (χ1) is 16.1. The molecular formula is C24H23N3O4S2. The minimum Gasteiger partial charge on any atom is -0.497 e. The Morgan fingerprint density at radius 3 is 2.85 bits per heavy atom. The van der Waals surface area contributed by atoms with E-state index in [0.717, 1.165) is 28.8 Å². The van der Waals surface area contributed by atoms with Crippen LogP contribution in [0.2, 0.25) is 0 Å². The van der Waals surface area contributed by atoms with Crippen molar-refractivity contribution in [2.24, 2.45) is 0 Å². The van der Waals surface area contributed by atoms with Crippen molar-refractivity contribution in [3.63, 3.8) is 0 Å². The average molecular weight is 482 g/mol. The first kappa shape index (κ1) is 21.7. The van der Waals surface area contributed by atoms with Gasteiger partial charge in [0, 0.05) is 34.0 Å². The van der Waals surface area contributed by atoms with Crippen molar-refractivity contribution in [2.45, 2.75) is 25.4 Å². The lowest BCUT2D eigenvalue weighted by Crippen LogP contribution is -2.36. The van der Waals surface area contributed by atoms with Crippen molar-refractivity contribution >= 4 is 38.8 Å². The van der Waals surface area contributed by atoms with Gasteiger partial charge < -0.3 is 14.4 Å². The zero-order valence-corrected chi connectivity index (χ0v) is 19.9. The van der Waals surface area contributed by atoms with Crippen molar-refractivity contribution in [2.75, 3.05) is 20.8 Å². The molecule has 1 atom stereocenters. The highest BCUT2D eigenvalue weighted by Crippen LogP contribution is 2.39. The van der Waals surface area contributed by atoms with Gasteiger partial charge in [-0.15, -0.1) is 22.7 Å². The van der Waals surface area contributed by atoms with Crippen molar-refractivity contribution in [3.8, 4) is 21.9 Å². The van der Waals surface area contributed by atoms with E-state index in [1.165, 1.54) is 22.2 Å². The van der Waals surface area contributed by atoms with E-state index in [1.807, 2.05) is 46.0 Å². The molecule has 33 heavy (non-hydrogen) atoms. The fraction of sp³-hybridized carbons (Fsp3) is 0.292. The fourth-order valence-electron chi connectivity index (χ4n) is 4.41. The Morgan fingerprint density at radius 1 is 1.21 bits per heavy atom. The number of benzene rings is 1. The number of thiophene rings is 2. The molecule has 5 rings (SSSR count). The first-order valence-corrected chi connectivity index (χ1v) is 12.4. The third kappa shape index (κ3) is 3.91. The maximum Gasteiger partial charge on any atom is 0.263 e. The van der Waals surface area contributed by atoms with E-state index >= 15 is 0 Å². The van der Waals surface area contributed by atoms with E-state index in [0.29, 0.717) is 28.3 Å². The summed E-state index contributed by atoms with van der Waals surface area (Å²) in [4.78, 5) is 34.7. The molecule has 1 aromatic carbocycles. The lowest BCUT2D eigenvalue weighted by molar-refractivity contribution is -0.132. The molecule has 0 saturated carbocycles. The van der Waals surface area contributed by atoms with Gasteiger partial charge in [0.25, 0.3) is 5.56 Å². The standard InChI is InChI=1S/C24H23N3O4S2/c1-30-15-7-8-16(19(11-15)31-2)18-5-3-9-27(18)21(28)12-26-14-25-23-22(24(26)29)17(13-33-23)20-6-4-10-32-20/h4,6-8,10-11,13-14,18H,3,5,9,12H2,1-2H3/t18-/m1/s1.